The smallest absolute Gasteiger partial charge is 0.256 e. The molecular formula is C13H21N3O. The Kier molecular flexibility index (Phi) is 4.49. The number of nitrogens with two attached hydrogens (primary N) is 1. The summed E-state index contributed by atoms with van der Waals surface area (Å²) >= 11 is 0. The van der Waals surface area contributed by atoms with Gasteiger partial charge in [0, 0.05) is 12.6 Å². The Labute approximate surface area is 103 Å². The lowest BCUT2D eigenvalue weighted by molar-refractivity contribution is 0.0699. The molecule has 0 spiro atoms. The second kappa shape index (κ2) is 5.66. The summed E-state index contributed by atoms with van der Waals surface area (Å²) in [6.07, 6.45) is 2.51. The van der Waals surface area contributed by atoms with E-state index in [0.717, 1.165) is 12.1 Å². The number of carbonyl (C=O) groups excluding carboxylic acids is 1. The second-order valence-corrected chi connectivity index (χ2v) is 4.25. The van der Waals surface area contributed by atoms with Crippen LogP contribution in [0.25, 0.3) is 0 Å². The normalized spacial score (nSPS) is 12.2. The van der Waals surface area contributed by atoms with Gasteiger partial charge in [0.2, 0.25) is 0 Å². The van der Waals surface area contributed by atoms with Crippen molar-refractivity contribution in [2.24, 2.45) is 0 Å². The summed E-state index contributed by atoms with van der Waals surface area (Å²) in [5.74, 6) is 0.0131. The number of pyridine rings is 1. The Bertz CT molecular complexity index is 404. The molecule has 4 heteroatoms. The van der Waals surface area contributed by atoms with Gasteiger partial charge in [-0.15, -0.1) is 0 Å². The van der Waals surface area contributed by atoms with Gasteiger partial charge in [-0.05, 0) is 33.3 Å². The van der Waals surface area contributed by atoms with Gasteiger partial charge in [-0.1, -0.05) is 6.92 Å². The highest BCUT2D eigenvalue weighted by molar-refractivity contribution is 5.96. The zero-order valence-corrected chi connectivity index (χ0v) is 11.0. The molecule has 0 saturated carbocycles. The van der Waals surface area contributed by atoms with Crippen molar-refractivity contribution < 1.29 is 4.79 Å². The van der Waals surface area contributed by atoms with Gasteiger partial charge in [0.15, 0.2) is 0 Å². The Morgan fingerprint density at radius 1 is 1.53 bits per heavy atom. The fraction of sp³-hybridized carbons (Fsp3) is 0.538. The molecule has 0 aromatic carbocycles. The van der Waals surface area contributed by atoms with Gasteiger partial charge < -0.3 is 10.6 Å². The van der Waals surface area contributed by atoms with Crippen LogP contribution in [0.15, 0.2) is 12.3 Å². The van der Waals surface area contributed by atoms with Crippen molar-refractivity contribution in [3.63, 3.8) is 0 Å². The van der Waals surface area contributed by atoms with E-state index < -0.39 is 0 Å². The van der Waals surface area contributed by atoms with Crippen LogP contribution < -0.4 is 5.73 Å². The first-order chi connectivity index (χ1) is 8.01. The monoisotopic (exact) mass is 235 g/mol. The number of nitrogens with zero attached hydrogens (tertiary/aromatic N) is 2. The highest BCUT2D eigenvalue weighted by atomic mass is 16.2. The second-order valence-electron chi connectivity index (χ2n) is 4.25. The van der Waals surface area contributed by atoms with E-state index >= 15 is 0 Å². The molecule has 94 valence electrons. The maximum Gasteiger partial charge on any atom is 0.256 e. The van der Waals surface area contributed by atoms with E-state index in [0.29, 0.717) is 17.8 Å². The van der Waals surface area contributed by atoms with Crippen LogP contribution in [-0.2, 0) is 0 Å². The lowest BCUT2D eigenvalue weighted by Crippen LogP contribution is -2.38. The highest BCUT2D eigenvalue weighted by Crippen LogP contribution is 2.15. The Morgan fingerprint density at radius 2 is 2.18 bits per heavy atom. The molecule has 0 aliphatic heterocycles. The van der Waals surface area contributed by atoms with Gasteiger partial charge in [-0.3, -0.25) is 9.78 Å². The quantitative estimate of drug-likeness (QED) is 0.870. The van der Waals surface area contributed by atoms with Gasteiger partial charge >= 0.3 is 0 Å². The molecule has 1 aromatic rings. The predicted octanol–water partition coefficient (Wildman–Crippen LogP) is 2.23. The topological polar surface area (TPSA) is 59.2 Å². The Morgan fingerprint density at radius 3 is 2.71 bits per heavy atom. The third-order valence-electron chi connectivity index (χ3n) is 3.06. The molecule has 0 saturated heterocycles. The van der Waals surface area contributed by atoms with Crippen molar-refractivity contribution in [2.45, 2.75) is 40.2 Å². The first kappa shape index (κ1) is 13.5. The van der Waals surface area contributed by atoms with E-state index in [4.69, 9.17) is 5.73 Å². The van der Waals surface area contributed by atoms with Crippen LogP contribution in [-0.4, -0.2) is 28.4 Å². The standard InChI is InChI=1S/C13H21N3O/c1-5-9(3)16(6-2)13(17)12-7-11(14)8-15-10(12)4/h7-9H,5-6,14H2,1-4H3. The predicted molar refractivity (Wildman–Crippen MR) is 69.8 cm³/mol. The Balaban J connectivity index is 3.05. The summed E-state index contributed by atoms with van der Waals surface area (Å²) in [7, 11) is 0. The van der Waals surface area contributed by atoms with Crippen LogP contribution in [0.4, 0.5) is 5.69 Å². The summed E-state index contributed by atoms with van der Waals surface area (Å²) in [6.45, 7) is 8.64. The summed E-state index contributed by atoms with van der Waals surface area (Å²) in [5.41, 5.74) is 7.54. The number of nitrogen functional groups attached to an aromatic ring is 1. The van der Waals surface area contributed by atoms with Crippen molar-refractivity contribution in [2.75, 3.05) is 12.3 Å². The van der Waals surface area contributed by atoms with Crippen molar-refractivity contribution in [3.05, 3.63) is 23.5 Å². The van der Waals surface area contributed by atoms with E-state index in [9.17, 15) is 4.79 Å². The number of hydrogen-bond donors (Lipinski definition) is 1. The minimum atomic E-state index is 0.0131. The molecule has 1 amide bonds. The first-order valence-electron chi connectivity index (χ1n) is 6.04. The van der Waals surface area contributed by atoms with E-state index in [2.05, 4.69) is 18.8 Å². The maximum absolute atomic E-state index is 12.4. The van der Waals surface area contributed by atoms with Gasteiger partial charge in [0.1, 0.15) is 0 Å². The summed E-state index contributed by atoms with van der Waals surface area (Å²) in [6, 6.07) is 1.93. The van der Waals surface area contributed by atoms with Gasteiger partial charge in [0.25, 0.3) is 5.91 Å². The molecule has 0 aliphatic carbocycles. The number of aryl methyl sites for hydroxylation is 1. The molecule has 0 radical (unpaired) electrons. The van der Waals surface area contributed by atoms with Crippen molar-refractivity contribution in [3.8, 4) is 0 Å². The molecule has 0 fully saturated rings. The molecule has 17 heavy (non-hydrogen) atoms. The fourth-order valence-corrected chi connectivity index (χ4v) is 1.80. The largest absolute Gasteiger partial charge is 0.397 e. The van der Waals surface area contributed by atoms with Crippen molar-refractivity contribution in [1.29, 1.82) is 0 Å². The summed E-state index contributed by atoms with van der Waals surface area (Å²) in [5, 5.41) is 0. The molecule has 1 rings (SSSR count). The fourth-order valence-electron chi connectivity index (χ4n) is 1.80. The van der Waals surface area contributed by atoms with E-state index in [-0.39, 0.29) is 11.9 Å². The van der Waals surface area contributed by atoms with Crippen LogP contribution in [0.5, 0.6) is 0 Å². The zero-order valence-electron chi connectivity index (χ0n) is 11.0. The van der Waals surface area contributed by atoms with E-state index in [1.54, 1.807) is 12.3 Å². The molecule has 2 N–H and O–H groups in total. The molecule has 1 atom stereocenters. The number of aromatic nitrogens is 1. The lowest BCUT2D eigenvalue weighted by atomic mass is 10.1. The average Bonchev–Trinajstić information content (AvgIpc) is 2.32. The molecule has 0 bridgehead atoms. The lowest BCUT2D eigenvalue weighted by Gasteiger charge is -2.27. The van der Waals surface area contributed by atoms with Crippen molar-refractivity contribution in [1.82, 2.24) is 9.88 Å². The van der Waals surface area contributed by atoms with Crippen molar-refractivity contribution >= 4 is 11.6 Å². The molecular weight excluding hydrogens is 214 g/mol. The van der Waals surface area contributed by atoms with Gasteiger partial charge in [-0.2, -0.15) is 0 Å². The van der Waals surface area contributed by atoms with Crippen LogP contribution >= 0.6 is 0 Å². The molecule has 4 nitrogen and oxygen atoms in total. The van der Waals surface area contributed by atoms with Crippen LogP contribution in [0.2, 0.25) is 0 Å². The minimum absolute atomic E-state index is 0.0131. The third-order valence-corrected chi connectivity index (χ3v) is 3.06. The number of hydrogen-bond acceptors (Lipinski definition) is 3. The van der Waals surface area contributed by atoms with E-state index in [1.165, 1.54) is 0 Å². The molecule has 1 unspecified atom stereocenters. The van der Waals surface area contributed by atoms with Gasteiger partial charge in [-0.25, -0.2) is 0 Å². The SMILES string of the molecule is CCC(C)N(CC)C(=O)c1cc(N)cnc1C. The first-order valence-corrected chi connectivity index (χ1v) is 6.04. The maximum atomic E-state index is 12.4. The molecule has 0 aliphatic rings. The number of rotatable bonds is 4. The number of anilines is 1. The zero-order chi connectivity index (χ0) is 13.0. The van der Waals surface area contributed by atoms with Crippen LogP contribution in [0.1, 0.15) is 43.2 Å². The molecule has 1 heterocycles. The average molecular weight is 235 g/mol. The van der Waals surface area contributed by atoms with Crippen LogP contribution in [0, 0.1) is 6.92 Å². The summed E-state index contributed by atoms with van der Waals surface area (Å²) < 4.78 is 0. The summed E-state index contributed by atoms with van der Waals surface area (Å²) in [4.78, 5) is 18.4. The number of amides is 1. The van der Waals surface area contributed by atoms with Gasteiger partial charge in [0.05, 0.1) is 23.1 Å². The van der Waals surface area contributed by atoms with Crippen LogP contribution in [0.3, 0.4) is 0 Å². The minimum Gasteiger partial charge on any atom is -0.397 e. The number of carbonyl (C=O) groups is 1. The third kappa shape index (κ3) is 2.96. The van der Waals surface area contributed by atoms with E-state index in [1.807, 2.05) is 18.7 Å². The Hall–Kier alpha value is -1.58. The molecule has 1 aromatic heterocycles. The highest BCUT2D eigenvalue weighted by Gasteiger charge is 2.20.